The van der Waals surface area contributed by atoms with Crippen LogP contribution in [0.5, 0.6) is 5.75 Å². The van der Waals surface area contributed by atoms with E-state index in [2.05, 4.69) is 36.4 Å². The van der Waals surface area contributed by atoms with Crippen molar-refractivity contribution in [3.8, 4) is 5.75 Å². The Morgan fingerprint density at radius 2 is 2.20 bits per heavy atom. The fourth-order valence-corrected chi connectivity index (χ4v) is 3.68. The van der Waals surface area contributed by atoms with E-state index < -0.39 is 0 Å². The number of rotatable bonds is 7. The number of aryl methyl sites for hydroxylation is 2. The van der Waals surface area contributed by atoms with Crippen molar-refractivity contribution in [3.05, 3.63) is 46.8 Å². The quantitative estimate of drug-likeness (QED) is 0.838. The zero-order chi connectivity index (χ0) is 17.8. The highest BCUT2D eigenvalue weighted by Gasteiger charge is 2.33. The van der Waals surface area contributed by atoms with Gasteiger partial charge in [0.05, 0.1) is 18.4 Å². The second-order valence-corrected chi connectivity index (χ2v) is 6.76. The number of benzene rings is 1. The van der Waals surface area contributed by atoms with Crippen LogP contribution in [0.1, 0.15) is 42.0 Å². The van der Waals surface area contributed by atoms with Gasteiger partial charge in [0.2, 0.25) is 0 Å². The number of hydrogen-bond acceptors (Lipinski definition) is 4. The van der Waals surface area contributed by atoms with Gasteiger partial charge >= 0.3 is 0 Å². The standard InChI is InChI=1S/C20H29N3O2/c1-5-24-18-8-6-7-16(11-18)12-21-13-17-9-10-25-20(17)19-14(2)22-23(4)15(19)3/h6-8,11,17,20-21H,5,9-10,12-13H2,1-4H3. The van der Waals surface area contributed by atoms with Crippen LogP contribution in [0.4, 0.5) is 0 Å². The van der Waals surface area contributed by atoms with E-state index in [9.17, 15) is 0 Å². The van der Waals surface area contributed by atoms with Gasteiger partial charge in [-0.3, -0.25) is 4.68 Å². The molecule has 1 aromatic carbocycles. The number of nitrogens with one attached hydrogen (secondary N) is 1. The normalized spacial score (nSPS) is 20.2. The third kappa shape index (κ3) is 4.05. The largest absolute Gasteiger partial charge is 0.494 e. The van der Waals surface area contributed by atoms with Gasteiger partial charge in [-0.1, -0.05) is 12.1 Å². The first-order valence-corrected chi connectivity index (χ1v) is 9.14. The highest BCUT2D eigenvalue weighted by Crippen LogP contribution is 2.37. The molecule has 0 aliphatic carbocycles. The molecule has 2 unspecified atom stereocenters. The van der Waals surface area contributed by atoms with Crippen molar-refractivity contribution < 1.29 is 9.47 Å². The molecular weight excluding hydrogens is 314 g/mol. The number of nitrogens with zero attached hydrogens (tertiary/aromatic N) is 2. The average molecular weight is 343 g/mol. The van der Waals surface area contributed by atoms with Crippen LogP contribution < -0.4 is 10.1 Å². The molecule has 2 aromatic rings. The summed E-state index contributed by atoms with van der Waals surface area (Å²) in [6, 6.07) is 8.29. The van der Waals surface area contributed by atoms with Gasteiger partial charge in [-0.05, 0) is 44.9 Å². The molecule has 1 saturated heterocycles. The highest BCUT2D eigenvalue weighted by atomic mass is 16.5. The van der Waals surface area contributed by atoms with Crippen molar-refractivity contribution in [2.45, 2.75) is 39.8 Å². The van der Waals surface area contributed by atoms with Crippen LogP contribution >= 0.6 is 0 Å². The van der Waals surface area contributed by atoms with E-state index in [1.807, 2.05) is 30.8 Å². The first-order valence-electron chi connectivity index (χ1n) is 9.14. The molecule has 0 radical (unpaired) electrons. The topological polar surface area (TPSA) is 48.3 Å². The molecule has 25 heavy (non-hydrogen) atoms. The Bertz CT molecular complexity index is 711. The molecule has 136 valence electrons. The summed E-state index contributed by atoms with van der Waals surface area (Å²) < 4.78 is 13.6. The van der Waals surface area contributed by atoms with Gasteiger partial charge in [-0.2, -0.15) is 5.10 Å². The van der Waals surface area contributed by atoms with Crippen molar-refractivity contribution in [2.24, 2.45) is 13.0 Å². The smallest absolute Gasteiger partial charge is 0.119 e. The summed E-state index contributed by atoms with van der Waals surface area (Å²) in [5, 5.41) is 8.14. The van der Waals surface area contributed by atoms with E-state index in [4.69, 9.17) is 9.47 Å². The molecule has 1 aliphatic heterocycles. The van der Waals surface area contributed by atoms with Crippen LogP contribution in [0.2, 0.25) is 0 Å². The summed E-state index contributed by atoms with van der Waals surface area (Å²) in [6.45, 7) is 9.51. The van der Waals surface area contributed by atoms with Crippen LogP contribution in [0.3, 0.4) is 0 Å². The van der Waals surface area contributed by atoms with Crippen molar-refractivity contribution in [3.63, 3.8) is 0 Å². The molecule has 1 aromatic heterocycles. The molecule has 0 bridgehead atoms. The minimum atomic E-state index is 0.149. The molecule has 0 spiro atoms. The molecule has 3 rings (SSSR count). The van der Waals surface area contributed by atoms with Crippen molar-refractivity contribution in [1.82, 2.24) is 15.1 Å². The maximum atomic E-state index is 6.07. The zero-order valence-corrected chi connectivity index (χ0v) is 15.7. The Morgan fingerprint density at radius 1 is 1.36 bits per heavy atom. The summed E-state index contributed by atoms with van der Waals surface area (Å²) in [5.41, 5.74) is 4.81. The molecule has 1 fully saturated rings. The van der Waals surface area contributed by atoms with Crippen LogP contribution in [0.15, 0.2) is 24.3 Å². The van der Waals surface area contributed by atoms with Crippen LogP contribution in [-0.4, -0.2) is 29.5 Å². The Labute approximate surface area is 150 Å². The van der Waals surface area contributed by atoms with E-state index in [1.165, 1.54) is 16.8 Å². The Morgan fingerprint density at radius 3 is 2.92 bits per heavy atom. The van der Waals surface area contributed by atoms with Gasteiger partial charge in [0, 0.05) is 43.9 Å². The summed E-state index contributed by atoms with van der Waals surface area (Å²) in [7, 11) is 2.00. The van der Waals surface area contributed by atoms with Crippen LogP contribution in [0.25, 0.3) is 0 Å². The molecule has 5 nitrogen and oxygen atoms in total. The third-order valence-corrected chi connectivity index (χ3v) is 5.01. The summed E-state index contributed by atoms with van der Waals surface area (Å²) >= 11 is 0. The SMILES string of the molecule is CCOc1cccc(CNCC2CCOC2c2c(C)nn(C)c2C)c1. The fourth-order valence-electron chi connectivity index (χ4n) is 3.68. The number of hydrogen-bond donors (Lipinski definition) is 1. The Kier molecular flexibility index (Phi) is 5.76. The second kappa shape index (κ2) is 8.02. The lowest BCUT2D eigenvalue weighted by Crippen LogP contribution is -2.25. The van der Waals surface area contributed by atoms with Crippen LogP contribution in [0, 0.1) is 19.8 Å². The van der Waals surface area contributed by atoms with Crippen molar-refractivity contribution in [2.75, 3.05) is 19.8 Å². The number of aromatic nitrogens is 2. The maximum Gasteiger partial charge on any atom is 0.119 e. The maximum absolute atomic E-state index is 6.07. The van der Waals surface area contributed by atoms with Gasteiger partial charge in [0.25, 0.3) is 0 Å². The zero-order valence-electron chi connectivity index (χ0n) is 15.7. The number of ether oxygens (including phenoxy) is 2. The third-order valence-electron chi connectivity index (χ3n) is 5.01. The molecule has 2 heterocycles. The van der Waals surface area contributed by atoms with Crippen LogP contribution in [-0.2, 0) is 18.3 Å². The molecule has 0 amide bonds. The Hall–Kier alpha value is -1.85. The minimum Gasteiger partial charge on any atom is -0.494 e. The molecule has 1 N–H and O–H groups in total. The van der Waals surface area contributed by atoms with Gasteiger partial charge in [0.15, 0.2) is 0 Å². The highest BCUT2D eigenvalue weighted by molar-refractivity contribution is 5.29. The summed E-state index contributed by atoms with van der Waals surface area (Å²) in [6.07, 6.45) is 1.24. The second-order valence-electron chi connectivity index (χ2n) is 6.76. The first-order chi connectivity index (χ1) is 12.1. The molecule has 1 aliphatic rings. The molecule has 2 atom stereocenters. The first kappa shape index (κ1) is 18.0. The fraction of sp³-hybridized carbons (Fsp3) is 0.550. The van der Waals surface area contributed by atoms with E-state index in [0.717, 1.165) is 37.6 Å². The minimum absolute atomic E-state index is 0.149. The summed E-state index contributed by atoms with van der Waals surface area (Å²) in [4.78, 5) is 0. The molecule has 5 heteroatoms. The monoisotopic (exact) mass is 343 g/mol. The Balaban J connectivity index is 1.60. The van der Waals surface area contributed by atoms with E-state index in [0.29, 0.717) is 12.5 Å². The predicted octanol–water partition coefficient (Wildman–Crippen LogP) is 3.30. The van der Waals surface area contributed by atoms with Crippen molar-refractivity contribution >= 4 is 0 Å². The lowest BCUT2D eigenvalue weighted by Gasteiger charge is -2.20. The molecular formula is C20H29N3O2. The van der Waals surface area contributed by atoms with Gasteiger partial charge in [-0.15, -0.1) is 0 Å². The van der Waals surface area contributed by atoms with E-state index in [1.54, 1.807) is 0 Å². The van der Waals surface area contributed by atoms with Gasteiger partial charge in [0.1, 0.15) is 5.75 Å². The molecule has 0 saturated carbocycles. The summed E-state index contributed by atoms with van der Waals surface area (Å²) in [5.74, 6) is 1.42. The lowest BCUT2D eigenvalue weighted by atomic mass is 9.94. The predicted molar refractivity (Wildman–Crippen MR) is 98.8 cm³/mol. The van der Waals surface area contributed by atoms with E-state index >= 15 is 0 Å². The van der Waals surface area contributed by atoms with Crippen molar-refractivity contribution in [1.29, 1.82) is 0 Å². The lowest BCUT2D eigenvalue weighted by molar-refractivity contribution is 0.0893. The average Bonchev–Trinajstić information content (AvgIpc) is 3.13. The van der Waals surface area contributed by atoms with Gasteiger partial charge < -0.3 is 14.8 Å². The van der Waals surface area contributed by atoms with E-state index in [-0.39, 0.29) is 6.10 Å². The van der Waals surface area contributed by atoms with Gasteiger partial charge in [-0.25, -0.2) is 0 Å².